The van der Waals surface area contributed by atoms with E-state index in [1.807, 2.05) is 19.0 Å². The van der Waals surface area contributed by atoms with Gasteiger partial charge in [0.1, 0.15) is 0 Å². The highest BCUT2D eigenvalue weighted by Crippen LogP contribution is 2.44. The number of benzene rings is 2. The monoisotopic (exact) mass is 472 g/mol. The average molecular weight is 472 g/mol. The molecule has 0 saturated heterocycles. The molecule has 1 saturated carbocycles. The SMILES string of the molecule is Cc1cc(C(F)(F)F)cc(C(F)(F)F)c1C(=O)NC(c1ccccc1)C1(N(C)C)CCCC1. The molecular weight excluding hydrogens is 446 g/mol. The predicted octanol–water partition coefficient (Wildman–Crippen LogP) is 6.38. The average Bonchev–Trinajstić information content (AvgIpc) is 3.21. The highest BCUT2D eigenvalue weighted by molar-refractivity contribution is 5.98. The summed E-state index contributed by atoms with van der Waals surface area (Å²) in [5.41, 5.74) is -4.02. The molecule has 2 aromatic carbocycles. The van der Waals surface area contributed by atoms with Crippen molar-refractivity contribution in [3.05, 3.63) is 70.3 Å². The summed E-state index contributed by atoms with van der Waals surface area (Å²) in [7, 11) is 3.72. The van der Waals surface area contributed by atoms with E-state index < -0.39 is 46.5 Å². The Kier molecular flexibility index (Phi) is 6.84. The van der Waals surface area contributed by atoms with E-state index >= 15 is 0 Å². The molecule has 0 aromatic heterocycles. The fourth-order valence-electron chi connectivity index (χ4n) is 4.83. The molecule has 1 fully saturated rings. The van der Waals surface area contributed by atoms with Crippen LogP contribution in [0, 0.1) is 6.92 Å². The molecule has 180 valence electrons. The van der Waals surface area contributed by atoms with Crippen LogP contribution in [0.1, 0.15) is 64.3 Å². The van der Waals surface area contributed by atoms with Crippen molar-refractivity contribution < 1.29 is 31.1 Å². The highest BCUT2D eigenvalue weighted by Gasteiger charge is 2.46. The lowest BCUT2D eigenvalue weighted by molar-refractivity contribution is -0.143. The molecule has 1 amide bonds. The maximum atomic E-state index is 13.8. The third-order valence-electron chi connectivity index (χ3n) is 6.50. The Labute approximate surface area is 188 Å². The third-order valence-corrected chi connectivity index (χ3v) is 6.50. The molecular formula is C24H26F6N2O. The van der Waals surface area contributed by atoms with Gasteiger partial charge in [-0.2, -0.15) is 26.3 Å². The van der Waals surface area contributed by atoms with Crippen LogP contribution >= 0.6 is 0 Å². The molecule has 2 aromatic rings. The van der Waals surface area contributed by atoms with Crippen molar-refractivity contribution in [2.75, 3.05) is 14.1 Å². The zero-order valence-electron chi connectivity index (χ0n) is 18.6. The van der Waals surface area contributed by atoms with Crippen LogP contribution in [0.4, 0.5) is 26.3 Å². The Balaban J connectivity index is 2.12. The first kappa shape index (κ1) is 25.1. The van der Waals surface area contributed by atoms with E-state index in [9.17, 15) is 31.1 Å². The zero-order valence-corrected chi connectivity index (χ0v) is 18.6. The number of rotatable bonds is 5. The van der Waals surface area contributed by atoms with Crippen LogP contribution in [0.3, 0.4) is 0 Å². The summed E-state index contributed by atoms with van der Waals surface area (Å²) >= 11 is 0. The van der Waals surface area contributed by atoms with Gasteiger partial charge in [-0.1, -0.05) is 43.2 Å². The number of carbonyl (C=O) groups is 1. The second kappa shape index (κ2) is 9.00. The van der Waals surface area contributed by atoms with E-state index in [2.05, 4.69) is 5.32 Å². The number of hydrogen-bond donors (Lipinski definition) is 1. The number of halogens is 6. The molecule has 0 heterocycles. The van der Waals surface area contributed by atoms with Crippen LogP contribution < -0.4 is 5.32 Å². The minimum atomic E-state index is -5.13. The molecule has 0 spiro atoms. The van der Waals surface area contributed by atoms with Crippen LogP contribution in [-0.4, -0.2) is 30.4 Å². The number of carbonyl (C=O) groups excluding carboxylic acids is 1. The van der Waals surface area contributed by atoms with Gasteiger partial charge in [-0.15, -0.1) is 0 Å². The predicted molar refractivity (Wildman–Crippen MR) is 113 cm³/mol. The molecule has 3 rings (SSSR count). The Hall–Kier alpha value is -2.55. The first-order chi connectivity index (χ1) is 15.3. The summed E-state index contributed by atoms with van der Waals surface area (Å²) in [5, 5.41) is 2.76. The summed E-state index contributed by atoms with van der Waals surface area (Å²) in [5.74, 6) is -1.05. The normalized spacial score (nSPS) is 17.3. The van der Waals surface area contributed by atoms with E-state index in [-0.39, 0.29) is 11.6 Å². The lowest BCUT2D eigenvalue weighted by atomic mass is 9.82. The van der Waals surface area contributed by atoms with E-state index in [0.29, 0.717) is 6.07 Å². The molecule has 1 aliphatic rings. The lowest BCUT2D eigenvalue weighted by Crippen LogP contribution is -2.53. The first-order valence-corrected chi connectivity index (χ1v) is 10.6. The van der Waals surface area contributed by atoms with Crippen molar-refractivity contribution in [1.29, 1.82) is 0 Å². The van der Waals surface area contributed by atoms with Crippen molar-refractivity contribution in [3.8, 4) is 0 Å². The van der Waals surface area contributed by atoms with Gasteiger partial charge >= 0.3 is 12.4 Å². The maximum absolute atomic E-state index is 13.8. The van der Waals surface area contributed by atoms with Crippen LogP contribution in [-0.2, 0) is 12.4 Å². The number of alkyl halides is 6. The van der Waals surface area contributed by atoms with Gasteiger partial charge in [0.2, 0.25) is 0 Å². The smallest absolute Gasteiger partial charge is 0.343 e. The second-order valence-electron chi connectivity index (χ2n) is 8.73. The van der Waals surface area contributed by atoms with E-state index in [1.54, 1.807) is 30.3 Å². The summed E-state index contributed by atoms with van der Waals surface area (Å²) < 4.78 is 80.8. The molecule has 1 unspecified atom stereocenters. The summed E-state index contributed by atoms with van der Waals surface area (Å²) in [4.78, 5) is 15.3. The molecule has 0 aliphatic heterocycles. The van der Waals surface area contributed by atoms with Crippen molar-refractivity contribution in [2.24, 2.45) is 0 Å². The van der Waals surface area contributed by atoms with Crippen molar-refractivity contribution in [2.45, 2.75) is 56.5 Å². The van der Waals surface area contributed by atoms with Gasteiger partial charge in [0.05, 0.1) is 22.7 Å². The summed E-state index contributed by atoms with van der Waals surface area (Å²) in [6.07, 6.45) is -6.87. The quantitative estimate of drug-likeness (QED) is 0.513. The Morgan fingerprint density at radius 3 is 2.03 bits per heavy atom. The Morgan fingerprint density at radius 2 is 1.55 bits per heavy atom. The van der Waals surface area contributed by atoms with Crippen LogP contribution in [0.25, 0.3) is 0 Å². The third kappa shape index (κ3) is 5.03. The molecule has 33 heavy (non-hydrogen) atoms. The molecule has 9 heteroatoms. The summed E-state index contributed by atoms with van der Waals surface area (Å²) in [6, 6.07) is 8.87. The van der Waals surface area contributed by atoms with Gasteiger partial charge in [0, 0.05) is 5.54 Å². The van der Waals surface area contributed by atoms with Crippen molar-refractivity contribution in [3.63, 3.8) is 0 Å². The van der Waals surface area contributed by atoms with Gasteiger partial charge < -0.3 is 10.2 Å². The maximum Gasteiger partial charge on any atom is 0.417 e. The number of nitrogens with zero attached hydrogens (tertiary/aromatic N) is 1. The van der Waals surface area contributed by atoms with E-state index in [1.165, 1.54) is 0 Å². The van der Waals surface area contributed by atoms with Gasteiger partial charge in [0.25, 0.3) is 5.91 Å². The second-order valence-corrected chi connectivity index (χ2v) is 8.73. The van der Waals surface area contributed by atoms with Gasteiger partial charge in [0.15, 0.2) is 0 Å². The molecule has 3 nitrogen and oxygen atoms in total. The van der Waals surface area contributed by atoms with Crippen LogP contribution in [0.5, 0.6) is 0 Å². The van der Waals surface area contributed by atoms with E-state index in [4.69, 9.17) is 0 Å². The Morgan fingerprint density at radius 1 is 0.970 bits per heavy atom. The first-order valence-electron chi connectivity index (χ1n) is 10.6. The van der Waals surface area contributed by atoms with Gasteiger partial charge in [-0.25, -0.2) is 0 Å². The van der Waals surface area contributed by atoms with Gasteiger partial charge in [-0.3, -0.25) is 4.79 Å². The highest BCUT2D eigenvalue weighted by atomic mass is 19.4. The molecule has 0 bridgehead atoms. The lowest BCUT2D eigenvalue weighted by Gasteiger charge is -2.44. The molecule has 1 N–H and O–H groups in total. The van der Waals surface area contributed by atoms with E-state index in [0.717, 1.165) is 38.2 Å². The minimum absolute atomic E-state index is 0.0106. The number of amides is 1. The molecule has 1 atom stereocenters. The largest absolute Gasteiger partial charge is 0.417 e. The number of aryl methyl sites for hydroxylation is 1. The number of hydrogen-bond acceptors (Lipinski definition) is 2. The summed E-state index contributed by atoms with van der Waals surface area (Å²) in [6.45, 7) is 1.09. The minimum Gasteiger partial charge on any atom is -0.343 e. The fourth-order valence-corrected chi connectivity index (χ4v) is 4.83. The topological polar surface area (TPSA) is 32.3 Å². The molecule has 0 radical (unpaired) electrons. The standard InChI is InChI=1S/C24H26F6N2O/c1-15-13-17(23(25,26)27)14-18(24(28,29)30)19(15)21(33)31-20(16-9-5-4-6-10-16)22(32(2)3)11-7-8-12-22/h4-6,9-10,13-14,20H,7-8,11-12H2,1-3H3,(H,31,33). The number of likely N-dealkylation sites (N-methyl/N-ethyl adjacent to an activating group) is 1. The molecule has 1 aliphatic carbocycles. The zero-order chi connectivity index (χ0) is 24.6. The van der Waals surface area contributed by atoms with Crippen LogP contribution in [0.2, 0.25) is 0 Å². The van der Waals surface area contributed by atoms with Crippen molar-refractivity contribution >= 4 is 5.91 Å². The van der Waals surface area contributed by atoms with Crippen molar-refractivity contribution in [1.82, 2.24) is 10.2 Å². The van der Waals surface area contributed by atoms with Crippen LogP contribution in [0.15, 0.2) is 42.5 Å². The van der Waals surface area contributed by atoms with Gasteiger partial charge in [-0.05, 0) is 57.1 Å². The number of nitrogens with one attached hydrogen (secondary N) is 1. The fraction of sp³-hybridized carbons (Fsp3) is 0.458. The Bertz CT molecular complexity index is 992.